The normalized spacial score (nSPS) is 12.7. The third-order valence-electron chi connectivity index (χ3n) is 12.3. The van der Waals surface area contributed by atoms with Crippen LogP contribution in [0.3, 0.4) is 0 Å². The molecule has 1 N–H and O–H groups in total. The number of aromatic nitrogens is 5. The van der Waals surface area contributed by atoms with Crippen LogP contribution in [0.25, 0.3) is 111 Å². The second kappa shape index (κ2) is 12.3. The number of hydrogen-bond donors (Lipinski definition) is 1. The van der Waals surface area contributed by atoms with E-state index in [1.54, 1.807) is 0 Å². The van der Waals surface area contributed by atoms with E-state index >= 15 is 0 Å². The first-order chi connectivity index (χ1) is 29.3. The van der Waals surface area contributed by atoms with Crippen LogP contribution >= 0.6 is 0 Å². The Balaban J connectivity index is 1.04. The Bertz CT molecular complexity index is 3720. The minimum Gasteiger partial charge on any atom is -0.379 e. The van der Waals surface area contributed by atoms with Gasteiger partial charge in [-0.15, -0.1) is 0 Å². The second-order valence-electron chi connectivity index (χ2n) is 15.4. The molecular weight excluding hydrogens is 721 g/mol. The number of nitrogens with one attached hydrogen (secondary N) is 1. The van der Waals surface area contributed by atoms with Gasteiger partial charge in [0, 0.05) is 67.4 Å². The Hall–Kier alpha value is -7.96. The van der Waals surface area contributed by atoms with Crippen molar-refractivity contribution in [3.05, 3.63) is 188 Å². The maximum Gasteiger partial charge on any atom is 0.145 e. The summed E-state index contributed by atoms with van der Waals surface area (Å²) in [5.74, 6) is 0. The highest BCUT2D eigenvalue weighted by Gasteiger charge is 2.25. The molecule has 0 atom stereocenters. The molecule has 0 spiro atoms. The summed E-state index contributed by atoms with van der Waals surface area (Å²) in [6.45, 7) is 0.765. The van der Waals surface area contributed by atoms with Crippen LogP contribution in [0.2, 0.25) is 0 Å². The largest absolute Gasteiger partial charge is 0.379 e. The lowest BCUT2D eigenvalue weighted by molar-refractivity contribution is 1.11. The van der Waals surface area contributed by atoms with E-state index in [2.05, 4.69) is 189 Å². The SMILES string of the molecule is C1=Cc2c(c3ncccc3c3c4cc(-n5c6ccccc6c6cc(-c7ccc8c(c7)c7ccccc7n8-c7ccccc7)ccc65)cnc4n(-c4ccccc4)c23)NC1. The van der Waals surface area contributed by atoms with Crippen LogP contribution in [0.5, 0.6) is 0 Å². The second-order valence-corrected chi connectivity index (χ2v) is 15.4. The van der Waals surface area contributed by atoms with E-state index < -0.39 is 0 Å². The topological polar surface area (TPSA) is 52.6 Å². The minimum absolute atomic E-state index is 0.765. The van der Waals surface area contributed by atoms with Gasteiger partial charge in [-0.2, -0.15) is 0 Å². The zero-order valence-electron chi connectivity index (χ0n) is 31.8. The molecule has 6 heterocycles. The summed E-state index contributed by atoms with van der Waals surface area (Å²) in [5.41, 5.74) is 15.5. The third kappa shape index (κ3) is 4.57. The molecule has 276 valence electrons. The van der Waals surface area contributed by atoms with Gasteiger partial charge >= 0.3 is 0 Å². The fourth-order valence-corrected chi connectivity index (χ4v) is 9.80. The Morgan fingerprint density at radius 3 is 1.71 bits per heavy atom. The van der Waals surface area contributed by atoms with Gasteiger partial charge < -0.3 is 14.5 Å². The molecule has 0 fully saturated rings. The van der Waals surface area contributed by atoms with Crippen molar-refractivity contribution < 1.29 is 0 Å². The lowest BCUT2D eigenvalue weighted by Gasteiger charge is -2.18. The molecule has 0 aliphatic carbocycles. The van der Waals surface area contributed by atoms with Gasteiger partial charge in [0.1, 0.15) is 5.65 Å². The summed E-state index contributed by atoms with van der Waals surface area (Å²) in [6.07, 6.45) is 8.36. The molecule has 0 bridgehead atoms. The van der Waals surface area contributed by atoms with Gasteiger partial charge in [0.15, 0.2) is 0 Å². The van der Waals surface area contributed by atoms with Crippen molar-refractivity contribution in [2.24, 2.45) is 0 Å². The van der Waals surface area contributed by atoms with Crippen molar-refractivity contribution in [3.63, 3.8) is 0 Å². The Morgan fingerprint density at radius 2 is 1.03 bits per heavy atom. The van der Waals surface area contributed by atoms with Crippen molar-refractivity contribution in [1.29, 1.82) is 0 Å². The summed E-state index contributed by atoms with van der Waals surface area (Å²) in [6, 6.07) is 59.1. The van der Waals surface area contributed by atoms with Crippen molar-refractivity contribution in [1.82, 2.24) is 23.7 Å². The van der Waals surface area contributed by atoms with E-state index in [9.17, 15) is 0 Å². The minimum atomic E-state index is 0.765. The van der Waals surface area contributed by atoms with Crippen molar-refractivity contribution in [2.75, 3.05) is 11.9 Å². The lowest BCUT2D eigenvalue weighted by atomic mass is 9.99. The molecule has 0 saturated heterocycles. The number of nitrogens with zero attached hydrogens (tertiary/aromatic N) is 5. The molecule has 7 aromatic carbocycles. The van der Waals surface area contributed by atoms with Gasteiger partial charge in [-0.1, -0.05) is 103 Å². The third-order valence-corrected chi connectivity index (χ3v) is 12.3. The first-order valence-corrected chi connectivity index (χ1v) is 20.1. The molecule has 0 saturated carbocycles. The molecule has 6 heteroatoms. The van der Waals surface area contributed by atoms with Gasteiger partial charge in [0.05, 0.1) is 50.7 Å². The zero-order chi connectivity index (χ0) is 38.6. The van der Waals surface area contributed by atoms with Crippen molar-refractivity contribution >= 4 is 88.2 Å². The molecule has 1 aliphatic heterocycles. The van der Waals surface area contributed by atoms with Gasteiger partial charge in [-0.05, 0) is 83.9 Å². The number of pyridine rings is 2. The predicted octanol–water partition coefficient (Wildman–Crippen LogP) is 13.0. The van der Waals surface area contributed by atoms with Crippen LogP contribution in [0, 0.1) is 0 Å². The van der Waals surface area contributed by atoms with Crippen LogP contribution in [0.4, 0.5) is 5.69 Å². The Kier molecular flexibility index (Phi) is 6.69. The highest BCUT2D eigenvalue weighted by molar-refractivity contribution is 6.26. The van der Waals surface area contributed by atoms with Crippen LogP contribution < -0.4 is 5.32 Å². The first kappa shape index (κ1) is 32.2. The lowest BCUT2D eigenvalue weighted by Crippen LogP contribution is -2.07. The summed E-state index contributed by atoms with van der Waals surface area (Å²) in [5, 5.41) is 11.9. The van der Waals surface area contributed by atoms with Crippen LogP contribution in [-0.4, -0.2) is 30.2 Å². The van der Waals surface area contributed by atoms with E-state index in [1.165, 1.54) is 43.7 Å². The van der Waals surface area contributed by atoms with Crippen LogP contribution in [0.1, 0.15) is 5.56 Å². The molecule has 6 nitrogen and oxygen atoms in total. The van der Waals surface area contributed by atoms with E-state index in [-0.39, 0.29) is 0 Å². The Labute approximate surface area is 338 Å². The molecule has 0 radical (unpaired) electrons. The average molecular weight is 755 g/mol. The standard InChI is InChI=1S/C53H34N6/c1-3-13-35(14-4-1)57-45-21-9-7-17-38(45)42-29-33(23-25-47(42)57)34-24-26-48-43(30-34)39-18-8-10-22-46(39)58(48)37-31-44-49-40-19-11-27-54-50(40)51-41(20-12-28-55-51)52(49)59(53(44)56-32-37)36-15-5-2-6-16-36/h1-27,29-32,55H,28H2. The fraction of sp³-hybridized carbons (Fsp3) is 0.0189. The van der Waals surface area contributed by atoms with E-state index in [0.29, 0.717) is 0 Å². The number of benzene rings is 7. The molecular formula is C53H34N6. The van der Waals surface area contributed by atoms with Crippen LogP contribution in [0.15, 0.2) is 182 Å². The van der Waals surface area contributed by atoms with E-state index in [0.717, 1.165) is 78.7 Å². The number of anilines is 1. The van der Waals surface area contributed by atoms with E-state index in [1.807, 2.05) is 18.5 Å². The molecule has 1 aliphatic rings. The summed E-state index contributed by atoms with van der Waals surface area (Å²) in [7, 11) is 0. The molecule has 13 rings (SSSR count). The van der Waals surface area contributed by atoms with Crippen LogP contribution in [-0.2, 0) is 0 Å². The van der Waals surface area contributed by atoms with Crippen molar-refractivity contribution in [3.8, 4) is 28.2 Å². The van der Waals surface area contributed by atoms with E-state index in [4.69, 9.17) is 9.97 Å². The molecule has 12 aromatic rings. The number of rotatable bonds is 4. The van der Waals surface area contributed by atoms with Gasteiger partial charge in [-0.3, -0.25) is 9.55 Å². The summed E-state index contributed by atoms with van der Waals surface area (Å²) in [4.78, 5) is 10.3. The predicted molar refractivity (Wildman–Crippen MR) is 246 cm³/mol. The molecule has 5 aromatic heterocycles. The summed E-state index contributed by atoms with van der Waals surface area (Å²) < 4.78 is 7.07. The first-order valence-electron chi connectivity index (χ1n) is 20.1. The zero-order valence-corrected chi connectivity index (χ0v) is 31.8. The highest BCUT2D eigenvalue weighted by Crippen LogP contribution is 2.45. The monoisotopic (exact) mass is 754 g/mol. The molecule has 59 heavy (non-hydrogen) atoms. The van der Waals surface area contributed by atoms with Gasteiger partial charge in [-0.25, -0.2) is 4.98 Å². The maximum absolute atomic E-state index is 5.34. The maximum atomic E-state index is 5.34. The molecule has 0 amide bonds. The summed E-state index contributed by atoms with van der Waals surface area (Å²) >= 11 is 0. The number of para-hydroxylation sites is 4. The van der Waals surface area contributed by atoms with Gasteiger partial charge in [0.25, 0.3) is 0 Å². The fourth-order valence-electron chi connectivity index (χ4n) is 9.80. The van der Waals surface area contributed by atoms with Crippen molar-refractivity contribution in [2.45, 2.75) is 0 Å². The number of fused-ring (bicyclic) bond motifs is 14. The number of hydrogen-bond acceptors (Lipinski definition) is 3. The smallest absolute Gasteiger partial charge is 0.145 e. The molecule has 0 unspecified atom stereocenters. The highest BCUT2D eigenvalue weighted by atomic mass is 15.1. The quantitative estimate of drug-likeness (QED) is 0.195. The average Bonchev–Trinajstić information content (AvgIpc) is 3.95. The Morgan fingerprint density at radius 1 is 0.458 bits per heavy atom. The van der Waals surface area contributed by atoms with Gasteiger partial charge in [0.2, 0.25) is 0 Å².